The summed E-state index contributed by atoms with van der Waals surface area (Å²) in [4.78, 5) is 0. The van der Waals surface area contributed by atoms with Crippen LogP contribution in [0.5, 0.6) is 0 Å². The van der Waals surface area contributed by atoms with Crippen molar-refractivity contribution in [2.75, 3.05) is 0 Å². The summed E-state index contributed by atoms with van der Waals surface area (Å²) in [6, 6.07) is 0. The van der Waals surface area contributed by atoms with E-state index in [4.69, 9.17) is 0 Å². The fourth-order valence-corrected chi connectivity index (χ4v) is 1.47. The van der Waals surface area contributed by atoms with Gasteiger partial charge >= 0.3 is 59.7 Å². The number of hydrogen-bond acceptors (Lipinski definition) is 0. The van der Waals surface area contributed by atoms with Crippen LogP contribution in [-0.4, -0.2) is 59.7 Å². The van der Waals surface area contributed by atoms with Crippen LogP contribution in [-0.2, 0) is 0 Å². The molecule has 0 N–H and O–H groups in total. The Labute approximate surface area is 169 Å². The molecular weight excluding hydrogens is 562 g/mol. The zero-order valence-corrected chi connectivity index (χ0v) is 14.3. The van der Waals surface area contributed by atoms with Crippen LogP contribution in [0.25, 0.3) is 0 Å². The van der Waals surface area contributed by atoms with Crippen molar-refractivity contribution in [2.45, 2.75) is 59.7 Å². The fraction of sp³-hybridized carbons (Fsp3) is 0.833. The summed E-state index contributed by atoms with van der Waals surface area (Å²) >= 11 is 0. The molecule has 202 valence electrons. The van der Waals surface area contributed by atoms with E-state index in [0.29, 0.717) is 0 Å². The van der Waals surface area contributed by atoms with Crippen molar-refractivity contribution in [3.63, 3.8) is 0 Å². The van der Waals surface area contributed by atoms with Gasteiger partial charge in [0.15, 0.2) is 0 Å². The standard InChI is InChI=1S/C12F22/c13-3(14,1-2-4(15,16)11(29,30)31)5(17,18)6(19,20)7(21,22)8(23,24)9(25,26)10(27,28)12(32,33)34. The minimum Gasteiger partial charge on any atom is -0.192 e. The molecule has 0 fully saturated rings. The Bertz CT molecular complexity index is 810. The van der Waals surface area contributed by atoms with Gasteiger partial charge in [-0.25, -0.2) is 0 Å². The molecule has 0 aliphatic carbocycles. The molecule has 0 radical (unpaired) electrons. The summed E-state index contributed by atoms with van der Waals surface area (Å²) in [6.45, 7) is 0. The van der Waals surface area contributed by atoms with Crippen LogP contribution in [0.4, 0.5) is 96.6 Å². The van der Waals surface area contributed by atoms with Gasteiger partial charge < -0.3 is 0 Å². The molecule has 0 atom stereocenters. The van der Waals surface area contributed by atoms with Gasteiger partial charge in [0.25, 0.3) is 0 Å². The number of halogens is 22. The molecule has 34 heavy (non-hydrogen) atoms. The van der Waals surface area contributed by atoms with Gasteiger partial charge in [0.1, 0.15) is 0 Å². The normalized spacial score (nSPS) is 16.3. The van der Waals surface area contributed by atoms with Crippen LogP contribution < -0.4 is 0 Å². The van der Waals surface area contributed by atoms with Gasteiger partial charge in [-0.05, 0) is 11.8 Å². The molecule has 0 saturated carbocycles. The van der Waals surface area contributed by atoms with Crippen molar-refractivity contribution in [2.24, 2.45) is 0 Å². The van der Waals surface area contributed by atoms with Crippen LogP contribution in [0.1, 0.15) is 0 Å². The first-order valence-corrected chi connectivity index (χ1v) is 6.91. The van der Waals surface area contributed by atoms with Crippen molar-refractivity contribution in [3.8, 4) is 11.8 Å². The summed E-state index contributed by atoms with van der Waals surface area (Å²) in [5.74, 6) is -69.4. The quantitative estimate of drug-likeness (QED) is 0.238. The monoisotopic (exact) mass is 562 g/mol. The Morgan fingerprint density at radius 1 is 0.235 bits per heavy atom. The van der Waals surface area contributed by atoms with Crippen molar-refractivity contribution < 1.29 is 96.6 Å². The first-order chi connectivity index (χ1) is 14.2. The Balaban J connectivity index is 6.86. The third-order valence-corrected chi connectivity index (χ3v) is 3.45. The maximum atomic E-state index is 13.2. The summed E-state index contributed by atoms with van der Waals surface area (Å²) in [5.41, 5.74) is 0. The molecule has 0 saturated heterocycles. The highest BCUT2D eigenvalue weighted by Gasteiger charge is 2.95. The number of rotatable bonds is 6. The lowest BCUT2D eigenvalue weighted by Gasteiger charge is -2.42. The molecule has 22 heteroatoms. The van der Waals surface area contributed by atoms with Gasteiger partial charge in [-0.15, -0.1) is 0 Å². The van der Waals surface area contributed by atoms with Crippen molar-refractivity contribution in [1.82, 2.24) is 0 Å². The first kappa shape index (κ1) is 32.0. The van der Waals surface area contributed by atoms with Gasteiger partial charge in [0.05, 0.1) is 0 Å². The molecular formula is C12F22. The van der Waals surface area contributed by atoms with E-state index in [1.54, 1.807) is 0 Å². The molecule has 0 amide bonds. The van der Waals surface area contributed by atoms with Crippen LogP contribution in [0, 0.1) is 11.8 Å². The Kier molecular flexibility index (Phi) is 7.31. The molecule has 0 nitrogen and oxygen atoms in total. The predicted molar refractivity (Wildman–Crippen MR) is 59.5 cm³/mol. The molecule has 0 aliphatic rings. The molecule has 0 aromatic heterocycles. The third kappa shape index (κ3) is 4.26. The van der Waals surface area contributed by atoms with Crippen molar-refractivity contribution in [3.05, 3.63) is 0 Å². The topological polar surface area (TPSA) is 0 Å². The number of alkyl halides is 22. The molecule has 0 rings (SSSR count). The lowest BCUT2D eigenvalue weighted by molar-refractivity contribution is -0.459. The predicted octanol–water partition coefficient (Wildman–Crippen LogP) is 7.20. The average molecular weight is 562 g/mol. The maximum absolute atomic E-state index is 13.2. The van der Waals surface area contributed by atoms with E-state index in [2.05, 4.69) is 0 Å². The minimum absolute atomic E-state index is 1.14. The SMILES string of the molecule is FC(F)(F)C(F)(F)C#CC(F)(F)C(F)(F)C(F)(F)C(F)(F)C(F)(F)C(F)(F)C(F)(F)C(F)(F)F. The van der Waals surface area contributed by atoms with Crippen LogP contribution in [0.3, 0.4) is 0 Å². The molecule has 0 aromatic rings. The Morgan fingerprint density at radius 3 is 0.735 bits per heavy atom. The molecule has 0 bridgehead atoms. The molecule has 0 aliphatic heterocycles. The minimum atomic E-state index is -9.00. The van der Waals surface area contributed by atoms with Gasteiger partial charge in [-0.1, -0.05) is 0 Å². The van der Waals surface area contributed by atoms with E-state index in [9.17, 15) is 96.6 Å². The second-order valence-electron chi connectivity index (χ2n) is 5.84. The highest BCUT2D eigenvalue weighted by Crippen LogP contribution is 2.63. The van der Waals surface area contributed by atoms with Crippen LogP contribution >= 0.6 is 0 Å². The van der Waals surface area contributed by atoms with Crippen molar-refractivity contribution in [1.29, 1.82) is 0 Å². The maximum Gasteiger partial charge on any atom is 0.466 e. The smallest absolute Gasteiger partial charge is 0.192 e. The van der Waals surface area contributed by atoms with Gasteiger partial charge in [-0.2, -0.15) is 96.6 Å². The largest absolute Gasteiger partial charge is 0.466 e. The fourth-order valence-electron chi connectivity index (χ4n) is 1.47. The van der Waals surface area contributed by atoms with E-state index < -0.39 is 71.6 Å². The van der Waals surface area contributed by atoms with Gasteiger partial charge in [0.2, 0.25) is 0 Å². The van der Waals surface area contributed by atoms with Gasteiger partial charge in [-0.3, -0.25) is 0 Å². The first-order valence-electron chi connectivity index (χ1n) is 6.91. The highest BCUT2D eigenvalue weighted by atomic mass is 19.4. The lowest BCUT2D eigenvalue weighted by atomic mass is 9.89. The van der Waals surface area contributed by atoms with Crippen molar-refractivity contribution >= 4 is 0 Å². The summed E-state index contributed by atoms with van der Waals surface area (Å²) in [5, 5.41) is 0. The second kappa shape index (κ2) is 7.76. The van der Waals surface area contributed by atoms with E-state index in [0.717, 1.165) is 0 Å². The highest BCUT2D eigenvalue weighted by molar-refractivity contribution is 5.25. The Morgan fingerprint density at radius 2 is 0.471 bits per heavy atom. The molecule has 0 spiro atoms. The zero-order chi connectivity index (χ0) is 28.4. The molecule has 0 aromatic carbocycles. The second-order valence-corrected chi connectivity index (χ2v) is 5.84. The molecule has 0 unspecified atom stereocenters. The van der Waals surface area contributed by atoms with E-state index in [1.165, 1.54) is 0 Å². The van der Waals surface area contributed by atoms with E-state index in [1.807, 2.05) is 0 Å². The average Bonchev–Trinajstić information content (AvgIpc) is 2.57. The molecule has 0 heterocycles. The summed E-state index contributed by atoms with van der Waals surface area (Å²) in [6.07, 6.45) is -15.0. The van der Waals surface area contributed by atoms with Gasteiger partial charge in [0, 0.05) is 0 Å². The van der Waals surface area contributed by atoms with E-state index in [-0.39, 0.29) is 0 Å². The van der Waals surface area contributed by atoms with E-state index >= 15 is 0 Å². The van der Waals surface area contributed by atoms with Crippen LogP contribution in [0.15, 0.2) is 0 Å². The lowest BCUT2D eigenvalue weighted by Crippen LogP contribution is -2.74. The number of hydrogen-bond donors (Lipinski definition) is 0. The third-order valence-electron chi connectivity index (χ3n) is 3.45. The summed E-state index contributed by atoms with van der Waals surface area (Å²) in [7, 11) is 0. The Hall–Kier alpha value is -1.98. The zero-order valence-electron chi connectivity index (χ0n) is 14.3. The summed E-state index contributed by atoms with van der Waals surface area (Å²) < 4.78 is 278. The van der Waals surface area contributed by atoms with Crippen LogP contribution in [0.2, 0.25) is 0 Å².